The zero-order valence-corrected chi connectivity index (χ0v) is 4.61. The highest BCUT2D eigenvalue weighted by atomic mass is 19.1. The summed E-state index contributed by atoms with van der Waals surface area (Å²) in [6.45, 7) is -5.00. The Morgan fingerprint density at radius 1 is 1.22 bits per heavy atom. The Morgan fingerprint density at radius 3 is 2.22 bits per heavy atom. The van der Waals surface area contributed by atoms with Crippen LogP contribution >= 0.6 is 0 Å². The van der Waals surface area contributed by atoms with E-state index in [4.69, 9.17) is 8.22 Å². The molecular weight excluding hydrogens is 115 g/mol. The van der Waals surface area contributed by atoms with E-state index in [1.54, 1.807) is 0 Å². The Kier molecular flexibility index (Phi) is 0.503. The van der Waals surface area contributed by atoms with Crippen molar-refractivity contribution in [3.05, 3.63) is 35.1 Å². The van der Waals surface area contributed by atoms with Crippen LogP contribution in [0.1, 0.15) is 19.4 Å². The molecule has 0 heterocycles. The van der Waals surface area contributed by atoms with Crippen molar-refractivity contribution in [1.29, 1.82) is 0 Å². The lowest BCUT2D eigenvalue weighted by Crippen LogP contribution is -1.79. The van der Waals surface area contributed by atoms with Crippen molar-refractivity contribution in [2.45, 2.75) is 13.7 Å². The van der Waals surface area contributed by atoms with Crippen LogP contribution < -0.4 is 0 Å². The average molecular weight is 130 g/mol. The first-order valence-electron chi connectivity index (χ1n) is 5.42. The van der Waals surface area contributed by atoms with Gasteiger partial charge in [0.2, 0.25) is 0 Å². The SMILES string of the molecule is [2H]C([2H])([2H])c1cc(F)cc(C([2H])([2H])[2H])c1. The van der Waals surface area contributed by atoms with E-state index in [0.717, 1.165) is 18.2 Å². The molecule has 0 spiro atoms. The summed E-state index contributed by atoms with van der Waals surface area (Å²) in [4.78, 5) is 0. The summed E-state index contributed by atoms with van der Waals surface area (Å²) in [5, 5.41) is 0. The third kappa shape index (κ3) is 1.53. The van der Waals surface area contributed by atoms with Crippen molar-refractivity contribution < 1.29 is 12.6 Å². The van der Waals surface area contributed by atoms with Crippen LogP contribution in [0.4, 0.5) is 4.39 Å². The van der Waals surface area contributed by atoms with Crippen LogP contribution in [-0.4, -0.2) is 0 Å². The van der Waals surface area contributed by atoms with E-state index < -0.39 is 19.5 Å². The molecule has 0 nitrogen and oxygen atoms in total. The molecule has 0 aliphatic rings. The lowest BCUT2D eigenvalue weighted by atomic mass is 10.2. The van der Waals surface area contributed by atoms with E-state index in [1.807, 2.05) is 0 Å². The molecule has 0 saturated carbocycles. The molecule has 0 bridgehead atoms. The molecular formula is C8H9F. The van der Waals surface area contributed by atoms with Crippen LogP contribution in [0.2, 0.25) is 0 Å². The highest BCUT2D eigenvalue weighted by Gasteiger charge is 1.90. The Bertz CT molecular complexity index is 332. The molecule has 0 atom stereocenters. The fourth-order valence-electron chi connectivity index (χ4n) is 0.590. The van der Waals surface area contributed by atoms with Gasteiger partial charge in [0.05, 0.1) is 0 Å². The fourth-order valence-corrected chi connectivity index (χ4v) is 0.590. The van der Waals surface area contributed by atoms with Crippen LogP contribution in [0.15, 0.2) is 18.2 Å². The van der Waals surface area contributed by atoms with Crippen molar-refractivity contribution in [2.75, 3.05) is 0 Å². The van der Waals surface area contributed by atoms with Gasteiger partial charge in [0.25, 0.3) is 0 Å². The van der Waals surface area contributed by atoms with E-state index >= 15 is 0 Å². The quantitative estimate of drug-likeness (QED) is 0.506. The van der Waals surface area contributed by atoms with Crippen LogP contribution in [0.25, 0.3) is 0 Å². The molecule has 0 saturated heterocycles. The third-order valence-corrected chi connectivity index (χ3v) is 0.898. The van der Waals surface area contributed by atoms with Crippen molar-refractivity contribution in [1.82, 2.24) is 0 Å². The van der Waals surface area contributed by atoms with Gasteiger partial charge in [0, 0.05) is 8.22 Å². The lowest BCUT2D eigenvalue weighted by Gasteiger charge is -1.94. The van der Waals surface area contributed by atoms with Crippen molar-refractivity contribution in [3.63, 3.8) is 0 Å². The van der Waals surface area contributed by atoms with Crippen molar-refractivity contribution >= 4 is 0 Å². The van der Waals surface area contributed by atoms with Gasteiger partial charge in [0.15, 0.2) is 0 Å². The minimum atomic E-state index is -2.50. The molecule has 0 amide bonds. The van der Waals surface area contributed by atoms with Crippen LogP contribution in [0.5, 0.6) is 0 Å². The first-order valence-corrected chi connectivity index (χ1v) is 2.42. The van der Waals surface area contributed by atoms with Gasteiger partial charge in [-0.1, -0.05) is 6.07 Å². The minimum Gasteiger partial charge on any atom is -0.207 e. The van der Waals surface area contributed by atoms with E-state index in [2.05, 4.69) is 0 Å². The highest BCUT2D eigenvalue weighted by molar-refractivity contribution is 5.21. The summed E-state index contributed by atoms with van der Waals surface area (Å²) in [7, 11) is 0. The van der Waals surface area contributed by atoms with Gasteiger partial charge in [0.1, 0.15) is 5.82 Å². The largest absolute Gasteiger partial charge is 0.207 e. The van der Waals surface area contributed by atoms with Crippen molar-refractivity contribution in [2.24, 2.45) is 0 Å². The van der Waals surface area contributed by atoms with Gasteiger partial charge in [-0.3, -0.25) is 0 Å². The molecule has 48 valence electrons. The maximum atomic E-state index is 13.0. The van der Waals surface area contributed by atoms with E-state index in [0.29, 0.717) is 0 Å². The first-order chi connectivity index (χ1) is 6.60. The molecule has 0 aliphatic heterocycles. The van der Waals surface area contributed by atoms with Crippen LogP contribution in [0, 0.1) is 19.5 Å². The average Bonchev–Trinajstić information content (AvgIpc) is 1.99. The number of rotatable bonds is 0. The van der Waals surface area contributed by atoms with Gasteiger partial charge < -0.3 is 0 Å². The summed E-state index contributed by atoms with van der Waals surface area (Å²) in [5.74, 6) is -0.852. The summed E-state index contributed by atoms with van der Waals surface area (Å²) >= 11 is 0. The molecule has 1 rings (SSSR count). The molecule has 1 heteroatoms. The maximum absolute atomic E-state index is 13.0. The molecule has 1 aromatic carbocycles. The number of aryl methyl sites for hydroxylation is 2. The third-order valence-electron chi connectivity index (χ3n) is 0.898. The Morgan fingerprint density at radius 2 is 1.78 bits per heavy atom. The lowest BCUT2D eigenvalue weighted by molar-refractivity contribution is 0.625. The molecule has 0 radical (unpaired) electrons. The molecule has 0 fully saturated rings. The number of hydrogen-bond acceptors (Lipinski definition) is 0. The Labute approximate surface area is 62.8 Å². The van der Waals surface area contributed by atoms with Crippen LogP contribution in [-0.2, 0) is 0 Å². The molecule has 0 aromatic heterocycles. The predicted octanol–water partition coefficient (Wildman–Crippen LogP) is 2.44. The second-order valence-electron chi connectivity index (χ2n) is 1.73. The van der Waals surface area contributed by atoms with Gasteiger partial charge >= 0.3 is 0 Å². The van der Waals surface area contributed by atoms with Gasteiger partial charge in [-0.25, -0.2) is 4.39 Å². The standard InChI is InChI=1S/C8H9F/c1-6-3-7(2)5-8(9)4-6/h3-5H,1-2H3/i1D3,2D3. The second kappa shape index (κ2) is 2.18. The Hall–Kier alpha value is -0.850. The second-order valence-corrected chi connectivity index (χ2v) is 1.73. The number of halogens is 1. The zero-order chi connectivity index (χ0) is 11.9. The smallest absolute Gasteiger partial charge is 0.123 e. The topological polar surface area (TPSA) is 0 Å². The molecule has 0 N–H and O–H groups in total. The van der Waals surface area contributed by atoms with Gasteiger partial charge in [-0.2, -0.15) is 0 Å². The first kappa shape index (κ1) is 2.08. The highest BCUT2D eigenvalue weighted by Crippen LogP contribution is 2.05. The zero-order valence-electron chi connectivity index (χ0n) is 10.6. The summed E-state index contributed by atoms with van der Waals surface area (Å²) in [6.07, 6.45) is 0. The minimum absolute atomic E-state index is 0.298. The predicted molar refractivity (Wildman–Crippen MR) is 35.9 cm³/mol. The normalized spacial score (nSPS) is 22.3. The van der Waals surface area contributed by atoms with Gasteiger partial charge in [-0.15, -0.1) is 0 Å². The summed E-state index contributed by atoms with van der Waals surface area (Å²) < 4.78 is 55.3. The fraction of sp³-hybridized carbons (Fsp3) is 0.250. The van der Waals surface area contributed by atoms with Crippen LogP contribution in [0.3, 0.4) is 0 Å². The maximum Gasteiger partial charge on any atom is 0.123 e. The molecule has 0 unspecified atom stereocenters. The Balaban J connectivity index is 3.30. The number of benzene rings is 1. The molecule has 0 aliphatic carbocycles. The monoisotopic (exact) mass is 130 g/mol. The molecule has 1 aromatic rings. The van der Waals surface area contributed by atoms with E-state index in [-0.39, 0.29) is 11.1 Å². The number of hydrogen-bond donors (Lipinski definition) is 0. The van der Waals surface area contributed by atoms with E-state index in [9.17, 15) is 4.39 Å². The molecule has 9 heavy (non-hydrogen) atoms. The summed E-state index contributed by atoms with van der Waals surface area (Å²) in [5.41, 5.74) is -0.595. The summed E-state index contributed by atoms with van der Waals surface area (Å²) in [6, 6.07) is 2.63. The van der Waals surface area contributed by atoms with Gasteiger partial charge in [-0.05, 0) is 37.0 Å². The van der Waals surface area contributed by atoms with Crippen molar-refractivity contribution in [3.8, 4) is 0 Å². The van der Waals surface area contributed by atoms with E-state index in [1.165, 1.54) is 0 Å².